The van der Waals surface area contributed by atoms with Gasteiger partial charge in [0.25, 0.3) is 0 Å². The summed E-state index contributed by atoms with van der Waals surface area (Å²) in [6.07, 6.45) is 9.58. The second-order valence-corrected chi connectivity index (χ2v) is 10.8. The number of amides is 1. The van der Waals surface area contributed by atoms with Crippen molar-refractivity contribution in [3.8, 4) is 5.75 Å². The molecule has 6 rings (SSSR count). The van der Waals surface area contributed by atoms with E-state index in [1.807, 2.05) is 6.08 Å². The molecule has 3 aliphatic rings. The van der Waals surface area contributed by atoms with Gasteiger partial charge < -0.3 is 20.1 Å². The third kappa shape index (κ3) is 5.32. The number of nitrogens with zero attached hydrogens (tertiary/aromatic N) is 3. The summed E-state index contributed by atoms with van der Waals surface area (Å²) in [4.78, 5) is 24.0. The molecule has 1 amide bonds. The maximum Gasteiger partial charge on any atom is 0.248 e. The first kappa shape index (κ1) is 25.0. The first-order valence-corrected chi connectivity index (χ1v) is 13.3. The standard InChI is InChI=1S/C28H29ClFN5O3/c29-21-11-18(4-5-22(21)30)33-27-20-12-24(25(13-23(20)31-17-32-27)38-19-6-10-37-14-19)34-26(36)3-1-9-35-15-28(16-35)7-2-8-28/h1,3-5,11-13,17,19H,2,6-10,14-16H2,(H,34,36)(H,31,32,33)/b3-1+. The van der Waals surface area contributed by atoms with Crippen molar-refractivity contribution < 1.29 is 18.7 Å². The number of anilines is 3. The van der Waals surface area contributed by atoms with E-state index in [9.17, 15) is 9.18 Å². The minimum atomic E-state index is -0.503. The molecule has 0 bridgehead atoms. The first-order chi connectivity index (χ1) is 18.5. The molecule has 1 unspecified atom stereocenters. The molecule has 8 nitrogen and oxygen atoms in total. The monoisotopic (exact) mass is 537 g/mol. The SMILES string of the molecule is O=C(/C=C/CN1CC2(CCC2)C1)Nc1cc2c(Nc3ccc(F)c(Cl)c3)ncnc2cc1OC1CCOC1. The fourth-order valence-corrected chi connectivity index (χ4v) is 5.56. The van der Waals surface area contributed by atoms with Gasteiger partial charge in [0.15, 0.2) is 0 Å². The second-order valence-electron chi connectivity index (χ2n) is 10.4. The highest BCUT2D eigenvalue weighted by Gasteiger charge is 2.46. The van der Waals surface area contributed by atoms with Gasteiger partial charge in [-0.3, -0.25) is 9.69 Å². The maximum absolute atomic E-state index is 13.6. The van der Waals surface area contributed by atoms with Gasteiger partial charge in [-0.2, -0.15) is 0 Å². The third-order valence-electron chi connectivity index (χ3n) is 7.52. The summed E-state index contributed by atoms with van der Waals surface area (Å²) in [7, 11) is 0. The van der Waals surface area contributed by atoms with Gasteiger partial charge in [0, 0.05) is 49.3 Å². The van der Waals surface area contributed by atoms with E-state index in [2.05, 4.69) is 25.5 Å². The van der Waals surface area contributed by atoms with Gasteiger partial charge in [-0.25, -0.2) is 14.4 Å². The summed E-state index contributed by atoms with van der Waals surface area (Å²) >= 11 is 5.95. The number of halogens is 2. The molecule has 1 aromatic heterocycles. The van der Waals surface area contributed by atoms with E-state index in [1.165, 1.54) is 37.7 Å². The van der Waals surface area contributed by atoms with E-state index in [0.717, 1.165) is 26.1 Å². The van der Waals surface area contributed by atoms with E-state index >= 15 is 0 Å². The normalized spacial score (nSPS) is 20.4. The molecule has 2 aromatic carbocycles. The Hall–Kier alpha value is -3.27. The molecule has 10 heteroatoms. The molecule has 0 radical (unpaired) electrons. The van der Waals surface area contributed by atoms with Crippen LogP contribution in [0.2, 0.25) is 5.02 Å². The van der Waals surface area contributed by atoms with Crippen LogP contribution in [0.4, 0.5) is 21.6 Å². The van der Waals surface area contributed by atoms with Crippen LogP contribution in [0.1, 0.15) is 25.7 Å². The molecule has 2 aliphatic heterocycles. The average Bonchev–Trinajstić information content (AvgIpc) is 3.35. The third-order valence-corrected chi connectivity index (χ3v) is 7.81. The Labute approximate surface area is 225 Å². The molecule has 3 fully saturated rings. The van der Waals surface area contributed by atoms with Gasteiger partial charge in [0.2, 0.25) is 5.91 Å². The lowest BCUT2D eigenvalue weighted by molar-refractivity contribution is -0.112. The van der Waals surface area contributed by atoms with Crippen molar-refractivity contribution in [2.45, 2.75) is 31.8 Å². The quantitative estimate of drug-likeness (QED) is 0.376. The highest BCUT2D eigenvalue weighted by molar-refractivity contribution is 6.31. The zero-order chi connectivity index (χ0) is 26.1. The van der Waals surface area contributed by atoms with Crippen LogP contribution in [0.25, 0.3) is 10.9 Å². The summed E-state index contributed by atoms with van der Waals surface area (Å²) < 4.78 is 25.3. The maximum atomic E-state index is 13.6. The van der Waals surface area contributed by atoms with Crippen LogP contribution in [0.15, 0.2) is 48.8 Å². The van der Waals surface area contributed by atoms with Crippen molar-refractivity contribution in [3.05, 3.63) is 59.7 Å². The van der Waals surface area contributed by atoms with Gasteiger partial charge >= 0.3 is 0 Å². The Kier molecular flexibility index (Phi) is 6.90. The fourth-order valence-electron chi connectivity index (χ4n) is 5.38. The molecule has 1 spiro atoms. The van der Waals surface area contributed by atoms with Crippen molar-refractivity contribution in [1.29, 1.82) is 0 Å². The molecular weight excluding hydrogens is 509 g/mol. The highest BCUT2D eigenvalue weighted by atomic mass is 35.5. The van der Waals surface area contributed by atoms with Crippen LogP contribution in [-0.4, -0.2) is 59.7 Å². The lowest BCUT2D eigenvalue weighted by Gasteiger charge is -2.56. The number of likely N-dealkylation sites (tertiary alicyclic amines) is 1. The minimum Gasteiger partial charge on any atom is -0.486 e. The van der Waals surface area contributed by atoms with Crippen molar-refractivity contribution in [2.75, 3.05) is 43.5 Å². The molecule has 2 N–H and O–H groups in total. The Balaban J connectivity index is 1.23. The molecule has 1 atom stereocenters. The molecule has 2 saturated heterocycles. The van der Waals surface area contributed by atoms with Crippen LogP contribution < -0.4 is 15.4 Å². The molecular formula is C28H29ClFN5O3. The molecule has 198 valence electrons. The number of rotatable bonds is 8. The Morgan fingerprint density at radius 3 is 2.87 bits per heavy atom. The number of benzene rings is 2. The second kappa shape index (κ2) is 10.5. The summed E-state index contributed by atoms with van der Waals surface area (Å²) in [6.45, 7) is 4.14. The lowest BCUT2D eigenvalue weighted by Crippen LogP contribution is -2.59. The number of ether oxygens (including phenoxy) is 2. The molecule has 38 heavy (non-hydrogen) atoms. The topological polar surface area (TPSA) is 88.6 Å². The first-order valence-electron chi connectivity index (χ1n) is 12.9. The van der Waals surface area contributed by atoms with E-state index in [-0.39, 0.29) is 17.0 Å². The van der Waals surface area contributed by atoms with Crippen LogP contribution in [0, 0.1) is 11.2 Å². The summed E-state index contributed by atoms with van der Waals surface area (Å²) in [5.41, 5.74) is 2.26. The van der Waals surface area contributed by atoms with Gasteiger partial charge in [-0.1, -0.05) is 24.1 Å². The van der Waals surface area contributed by atoms with Crippen LogP contribution in [-0.2, 0) is 9.53 Å². The number of carbonyl (C=O) groups is 1. The van der Waals surface area contributed by atoms with Crippen molar-refractivity contribution in [3.63, 3.8) is 0 Å². The Morgan fingerprint density at radius 1 is 1.26 bits per heavy atom. The number of fused-ring (bicyclic) bond motifs is 1. The van der Waals surface area contributed by atoms with Crippen LogP contribution >= 0.6 is 11.6 Å². The van der Waals surface area contributed by atoms with Gasteiger partial charge in [-0.05, 0) is 42.5 Å². The van der Waals surface area contributed by atoms with E-state index in [1.54, 1.807) is 24.3 Å². The van der Waals surface area contributed by atoms with E-state index in [0.29, 0.717) is 52.5 Å². The minimum absolute atomic E-state index is 0.00338. The molecule has 3 aromatic rings. The highest BCUT2D eigenvalue weighted by Crippen LogP contribution is 2.47. The smallest absolute Gasteiger partial charge is 0.248 e. The number of nitrogens with one attached hydrogen (secondary N) is 2. The fraction of sp³-hybridized carbons (Fsp3) is 0.393. The summed E-state index contributed by atoms with van der Waals surface area (Å²) in [5.74, 6) is 0.255. The number of hydrogen-bond acceptors (Lipinski definition) is 7. The zero-order valence-electron chi connectivity index (χ0n) is 20.9. The van der Waals surface area contributed by atoms with Gasteiger partial charge in [-0.15, -0.1) is 0 Å². The average molecular weight is 538 g/mol. The van der Waals surface area contributed by atoms with Crippen LogP contribution in [0.5, 0.6) is 5.75 Å². The largest absolute Gasteiger partial charge is 0.486 e. The Bertz CT molecular complexity index is 1380. The van der Waals surface area contributed by atoms with E-state index < -0.39 is 5.82 Å². The molecule has 1 saturated carbocycles. The van der Waals surface area contributed by atoms with Gasteiger partial charge in [0.1, 0.15) is 29.8 Å². The van der Waals surface area contributed by atoms with E-state index in [4.69, 9.17) is 21.1 Å². The molecule has 1 aliphatic carbocycles. The number of carbonyl (C=O) groups excluding carboxylic acids is 1. The van der Waals surface area contributed by atoms with Crippen molar-refractivity contribution >= 4 is 45.6 Å². The lowest BCUT2D eigenvalue weighted by atomic mass is 9.63. The predicted molar refractivity (Wildman–Crippen MR) is 145 cm³/mol. The van der Waals surface area contributed by atoms with Crippen molar-refractivity contribution in [2.24, 2.45) is 5.41 Å². The molecule has 3 heterocycles. The summed E-state index contributed by atoms with van der Waals surface area (Å²) in [5, 5.41) is 6.80. The number of hydrogen-bond donors (Lipinski definition) is 2. The predicted octanol–water partition coefficient (Wildman–Crippen LogP) is 5.31. The Morgan fingerprint density at radius 2 is 2.13 bits per heavy atom. The summed E-state index contributed by atoms with van der Waals surface area (Å²) in [6, 6.07) is 7.92. The van der Waals surface area contributed by atoms with Crippen molar-refractivity contribution in [1.82, 2.24) is 14.9 Å². The number of aromatic nitrogens is 2. The zero-order valence-corrected chi connectivity index (χ0v) is 21.6. The van der Waals surface area contributed by atoms with Gasteiger partial charge in [0.05, 0.1) is 29.4 Å². The van der Waals surface area contributed by atoms with Crippen LogP contribution in [0.3, 0.4) is 0 Å².